The summed E-state index contributed by atoms with van der Waals surface area (Å²) in [4.78, 5) is 0. The largest absolute Gasteiger partial charge is 0.491 e. The third-order valence-electron chi connectivity index (χ3n) is 2.10. The molecule has 0 saturated carbocycles. The van der Waals surface area contributed by atoms with E-state index in [0.717, 1.165) is 0 Å². The number of alkyl halides is 2. The van der Waals surface area contributed by atoms with Crippen LogP contribution in [0.3, 0.4) is 0 Å². The van der Waals surface area contributed by atoms with Crippen LogP contribution in [0, 0.1) is 11.3 Å². The first-order valence-electron chi connectivity index (χ1n) is 5.41. The quantitative estimate of drug-likeness (QED) is 0.768. The zero-order valence-corrected chi connectivity index (χ0v) is 9.64. The van der Waals surface area contributed by atoms with Gasteiger partial charge in [0.05, 0.1) is 18.2 Å². The average Bonchev–Trinajstić information content (AvgIpc) is 2.36. The number of nitrogens with one attached hydrogen (secondary N) is 1. The normalized spacial score (nSPS) is 12.2. The van der Waals surface area contributed by atoms with Crippen LogP contribution >= 0.6 is 0 Å². The molecule has 2 N–H and O–H groups in total. The Hall–Kier alpha value is -1.71. The van der Waals surface area contributed by atoms with Gasteiger partial charge in [-0.3, -0.25) is 0 Å². The van der Waals surface area contributed by atoms with Gasteiger partial charge in [-0.1, -0.05) is 0 Å². The molecule has 0 fully saturated rings. The molecule has 1 aromatic carbocycles. The molecule has 0 bridgehead atoms. The minimum absolute atomic E-state index is 0.00212. The molecule has 0 amide bonds. The molecule has 4 nitrogen and oxygen atoms in total. The van der Waals surface area contributed by atoms with Gasteiger partial charge in [0.1, 0.15) is 18.5 Å². The molecule has 0 saturated heterocycles. The Morgan fingerprint density at radius 3 is 2.50 bits per heavy atom. The molecule has 0 aliphatic heterocycles. The number of hydrogen-bond donors (Lipinski definition) is 2. The molecule has 0 heterocycles. The second-order valence-corrected chi connectivity index (χ2v) is 3.65. The van der Waals surface area contributed by atoms with E-state index in [2.05, 4.69) is 5.32 Å². The van der Waals surface area contributed by atoms with Gasteiger partial charge in [-0.05, 0) is 24.3 Å². The van der Waals surface area contributed by atoms with Gasteiger partial charge in [-0.25, -0.2) is 8.78 Å². The van der Waals surface area contributed by atoms with E-state index in [4.69, 9.17) is 10.00 Å². The maximum Gasteiger partial charge on any atom is 0.250 e. The molecule has 18 heavy (non-hydrogen) atoms. The van der Waals surface area contributed by atoms with Gasteiger partial charge in [0.2, 0.25) is 0 Å². The van der Waals surface area contributed by atoms with Crippen molar-refractivity contribution < 1.29 is 18.6 Å². The van der Waals surface area contributed by atoms with E-state index in [9.17, 15) is 13.9 Å². The summed E-state index contributed by atoms with van der Waals surface area (Å²) in [6.45, 7) is -0.406. The van der Waals surface area contributed by atoms with Crippen molar-refractivity contribution in [2.75, 3.05) is 19.7 Å². The number of aliphatic hydroxyl groups is 1. The fourth-order valence-electron chi connectivity index (χ4n) is 1.24. The summed E-state index contributed by atoms with van der Waals surface area (Å²) in [5.41, 5.74) is 0.515. The Bertz CT molecular complexity index is 390. The number of nitrogens with zero attached hydrogens (tertiary/aromatic N) is 1. The Labute approximate surface area is 104 Å². The third kappa shape index (κ3) is 5.57. The first kappa shape index (κ1) is 14.4. The maximum atomic E-state index is 11.8. The van der Waals surface area contributed by atoms with E-state index >= 15 is 0 Å². The average molecular weight is 256 g/mol. The molecule has 1 atom stereocenters. The minimum atomic E-state index is -2.43. The van der Waals surface area contributed by atoms with Crippen LogP contribution in [-0.4, -0.2) is 37.3 Å². The van der Waals surface area contributed by atoms with E-state index in [1.165, 1.54) is 0 Å². The lowest BCUT2D eigenvalue weighted by Crippen LogP contribution is -2.33. The predicted octanol–water partition coefficient (Wildman–Crippen LogP) is 1.15. The lowest BCUT2D eigenvalue weighted by Gasteiger charge is -2.13. The van der Waals surface area contributed by atoms with Gasteiger partial charge >= 0.3 is 0 Å². The molecule has 0 radical (unpaired) electrons. The summed E-state index contributed by atoms with van der Waals surface area (Å²) < 4.78 is 28.8. The number of benzene rings is 1. The van der Waals surface area contributed by atoms with Crippen LogP contribution < -0.4 is 10.1 Å². The maximum absolute atomic E-state index is 11.8. The summed E-state index contributed by atoms with van der Waals surface area (Å²) in [5.74, 6) is 0.516. The number of aliphatic hydroxyl groups excluding tert-OH is 1. The smallest absolute Gasteiger partial charge is 0.250 e. The van der Waals surface area contributed by atoms with Crippen molar-refractivity contribution in [1.82, 2.24) is 5.32 Å². The fraction of sp³-hybridized carbons (Fsp3) is 0.417. The van der Waals surface area contributed by atoms with Crippen molar-refractivity contribution >= 4 is 0 Å². The van der Waals surface area contributed by atoms with Crippen LogP contribution in [0.5, 0.6) is 5.75 Å². The standard InChI is InChI=1S/C12H14F2N2O2/c13-12(14)7-16-6-10(17)8-18-11-3-1-9(5-15)2-4-11/h1-4,10,12,16-17H,6-8H2. The van der Waals surface area contributed by atoms with Crippen LogP contribution in [0.25, 0.3) is 0 Å². The molecule has 1 rings (SSSR count). The zero-order valence-electron chi connectivity index (χ0n) is 9.64. The first-order valence-corrected chi connectivity index (χ1v) is 5.41. The first-order chi connectivity index (χ1) is 8.61. The van der Waals surface area contributed by atoms with Gasteiger partial charge in [0.25, 0.3) is 6.43 Å². The van der Waals surface area contributed by atoms with Crippen molar-refractivity contribution in [2.24, 2.45) is 0 Å². The summed E-state index contributed by atoms with van der Waals surface area (Å²) in [6.07, 6.45) is -3.30. The fourth-order valence-corrected chi connectivity index (χ4v) is 1.24. The van der Waals surface area contributed by atoms with Crippen LogP contribution in [0.15, 0.2) is 24.3 Å². The van der Waals surface area contributed by atoms with Crippen LogP contribution in [0.2, 0.25) is 0 Å². The molecular weight excluding hydrogens is 242 g/mol. The topological polar surface area (TPSA) is 65.3 Å². The molecule has 1 aromatic rings. The summed E-state index contributed by atoms with van der Waals surface area (Å²) in [6, 6.07) is 8.38. The molecule has 0 spiro atoms. The molecule has 0 aliphatic carbocycles. The SMILES string of the molecule is N#Cc1ccc(OCC(O)CNCC(F)F)cc1. The van der Waals surface area contributed by atoms with Crippen LogP contribution in [0.4, 0.5) is 8.78 Å². The van der Waals surface area contributed by atoms with Gasteiger partial charge < -0.3 is 15.2 Å². The summed E-state index contributed by atoms with van der Waals surface area (Å²) in [7, 11) is 0. The summed E-state index contributed by atoms with van der Waals surface area (Å²) in [5, 5.41) is 20.4. The Balaban J connectivity index is 2.25. The lowest BCUT2D eigenvalue weighted by molar-refractivity contribution is 0.0951. The van der Waals surface area contributed by atoms with Crippen molar-refractivity contribution in [2.45, 2.75) is 12.5 Å². The van der Waals surface area contributed by atoms with Gasteiger partial charge in [0, 0.05) is 6.54 Å². The van der Waals surface area contributed by atoms with Gasteiger partial charge in [-0.15, -0.1) is 0 Å². The number of ether oxygens (including phenoxy) is 1. The van der Waals surface area contributed by atoms with E-state index in [1.807, 2.05) is 6.07 Å². The van der Waals surface area contributed by atoms with Gasteiger partial charge in [0.15, 0.2) is 0 Å². The predicted molar refractivity (Wildman–Crippen MR) is 61.5 cm³/mol. The number of halogens is 2. The molecule has 1 unspecified atom stereocenters. The monoisotopic (exact) mass is 256 g/mol. The molecule has 98 valence electrons. The van der Waals surface area contributed by atoms with Crippen molar-refractivity contribution in [3.05, 3.63) is 29.8 Å². The molecular formula is C12H14F2N2O2. The molecule has 0 aromatic heterocycles. The van der Waals surface area contributed by atoms with Crippen molar-refractivity contribution in [3.63, 3.8) is 0 Å². The van der Waals surface area contributed by atoms with Crippen molar-refractivity contribution in [3.8, 4) is 11.8 Å². The highest BCUT2D eigenvalue weighted by Gasteiger charge is 2.07. The number of rotatable bonds is 7. The number of hydrogen-bond acceptors (Lipinski definition) is 4. The highest BCUT2D eigenvalue weighted by atomic mass is 19.3. The highest BCUT2D eigenvalue weighted by molar-refractivity contribution is 5.34. The second-order valence-electron chi connectivity index (χ2n) is 3.65. The number of nitriles is 1. The lowest BCUT2D eigenvalue weighted by atomic mass is 10.2. The van der Waals surface area contributed by atoms with Gasteiger partial charge in [-0.2, -0.15) is 5.26 Å². The Morgan fingerprint density at radius 2 is 1.94 bits per heavy atom. The Morgan fingerprint density at radius 1 is 1.28 bits per heavy atom. The van der Waals surface area contributed by atoms with Crippen LogP contribution in [-0.2, 0) is 0 Å². The third-order valence-corrected chi connectivity index (χ3v) is 2.10. The van der Waals surface area contributed by atoms with E-state index in [0.29, 0.717) is 11.3 Å². The molecule has 0 aliphatic rings. The minimum Gasteiger partial charge on any atom is -0.491 e. The molecule has 6 heteroatoms. The van der Waals surface area contributed by atoms with Crippen molar-refractivity contribution in [1.29, 1.82) is 5.26 Å². The second kappa shape index (κ2) is 7.58. The van der Waals surface area contributed by atoms with E-state index in [1.54, 1.807) is 24.3 Å². The van der Waals surface area contributed by atoms with E-state index < -0.39 is 19.1 Å². The highest BCUT2D eigenvalue weighted by Crippen LogP contribution is 2.11. The zero-order chi connectivity index (χ0) is 13.4. The van der Waals surface area contributed by atoms with E-state index in [-0.39, 0.29) is 13.2 Å². The summed E-state index contributed by atoms with van der Waals surface area (Å²) >= 11 is 0. The Kier molecular flexibility index (Phi) is 6.05. The van der Waals surface area contributed by atoms with Crippen LogP contribution in [0.1, 0.15) is 5.56 Å².